The zero-order valence-electron chi connectivity index (χ0n) is 29.9. The molecule has 1 aliphatic heterocycles. The predicted octanol–water partition coefficient (Wildman–Crippen LogP) is -0.429. The van der Waals surface area contributed by atoms with Gasteiger partial charge >= 0.3 is 18.0 Å². The second-order valence-corrected chi connectivity index (χ2v) is 13.8. The van der Waals surface area contributed by atoms with Crippen LogP contribution < -0.4 is 15.4 Å². The molecule has 294 valence electrons. The summed E-state index contributed by atoms with van der Waals surface area (Å²) in [5.74, 6) is -14.3. The van der Waals surface area contributed by atoms with Crippen LogP contribution in [0.15, 0.2) is 78.9 Å². The van der Waals surface area contributed by atoms with Gasteiger partial charge in [-0.3, -0.25) is 9.59 Å². The van der Waals surface area contributed by atoms with Crippen molar-refractivity contribution >= 4 is 17.7 Å². The van der Waals surface area contributed by atoms with Crippen LogP contribution in [0.4, 0.5) is 4.79 Å². The van der Waals surface area contributed by atoms with Gasteiger partial charge in [-0.2, -0.15) is 0 Å². The van der Waals surface area contributed by atoms with Gasteiger partial charge in [-0.15, -0.1) is 0 Å². The number of hydrogen-bond donors (Lipinski definition) is 11. The van der Waals surface area contributed by atoms with Gasteiger partial charge in [0.2, 0.25) is 5.91 Å². The van der Waals surface area contributed by atoms with Gasteiger partial charge < -0.3 is 66.2 Å². The van der Waals surface area contributed by atoms with Crippen LogP contribution in [0.25, 0.3) is 0 Å². The molecule has 1 saturated heterocycles. The highest BCUT2D eigenvalue weighted by atomic mass is 16.7. The molecule has 0 aromatic heterocycles. The Morgan fingerprint density at radius 3 is 1.96 bits per heavy atom. The number of rotatable bonds is 18. The van der Waals surface area contributed by atoms with E-state index in [4.69, 9.17) is 4.74 Å². The largest absolute Gasteiger partial charge is 0.485 e. The van der Waals surface area contributed by atoms with Crippen LogP contribution in [0.2, 0.25) is 0 Å². The van der Waals surface area contributed by atoms with Gasteiger partial charge in [0.1, 0.15) is 18.4 Å². The van der Waals surface area contributed by atoms with Gasteiger partial charge in [0.05, 0.1) is 23.1 Å². The minimum absolute atomic E-state index is 0.0775. The molecule has 4 atom stereocenters. The van der Waals surface area contributed by atoms with Gasteiger partial charge in [-0.25, -0.2) is 4.79 Å². The number of para-hydroxylation sites is 1. The molecule has 0 bridgehead atoms. The lowest BCUT2D eigenvalue weighted by Gasteiger charge is -2.38. The van der Waals surface area contributed by atoms with E-state index in [1.54, 1.807) is 50.2 Å². The number of ether oxygens (including phenoxy) is 1. The summed E-state index contributed by atoms with van der Waals surface area (Å²) in [7, 11) is 0. The van der Waals surface area contributed by atoms with Gasteiger partial charge in [-0.05, 0) is 42.9 Å². The quantitative estimate of drug-likeness (QED) is 0.0737. The summed E-state index contributed by atoms with van der Waals surface area (Å²) in [4.78, 5) is 41.6. The molecule has 3 amide bonds. The van der Waals surface area contributed by atoms with Crippen molar-refractivity contribution in [3.63, 3.8) is 0 Å². The number of benzene rings is 3. The third kappa shape index (κ3) is 10.8. The molecule has 4 unspecified atom stereocenters. The molecule has 3 aromatic carbocycles. The molecule has 11 N–H and O–H groups in total. The molecule has 3 aromatic rings. The lowest BCUT2D eigenvalue weighted by Crippen LogP contribution is -2.59. The Balaban J connectivity index is 1.64. The zero-order valence-corrected chi connectivity index (χ0v) is 29.9. The Kier molecular flexibility index (Phi) is 13.9. The second kappa shape index (κ2) is 17.8. The van der Waals surface area contributed by atoms with Crippen molar-refractivity contribution in [3.05, 3.63) is 101 Å². The molecule has 1 aliphatic rings. The topological polar surface area (TPSA) is 270 Å². The van der Waals surface area contributed by atoms with E-state index in [0.29, 0.717) is 19.5 Å². The number of hydrogen-bond acceptors (Lipinski definition) is 13. The number of aliphatic hydroxyl groups excluding tert-OH is 1. The van der Waals surface area contributed by atoms with E-state index in [9.17, 15) is 60.3 Å². The van der Waals surface area contributed by atoms with Crippen molar-refractivity contribution in [1.82, 2.24) is 15.5 Å². The predicted molar refractivity (Wildman–Crippen MR) is 190 cm³/mol. The Morgan fingerprint density at radius 2 is 1.43 bits per heavy atom. The molecule has 16 heteroatoms. The second-order valence-electron chi connectivity index (χ2n) is 13.8. The van der Waals surface area contributed by atoms with E-state index in [2.05, 4.69) is 10.6 Å². The molecule has 1 fully saturated rings. The summed E-state index contributed by atoms with van der Waals surface area (Å²) in [6, 6.07) is 17.1. The van der Waals surface area contributed by atoms with Crippen LogP contribution in [-0.2, 0) is 33.7 Å². The van der Waals surface area contributed by atoms with Gasteiger partial charge in [0, 0.05) is 31.1 Å². The van der Waals surface area contributed by atoms with E-state index < -0.39 is 83.4 Å². The Hall–Kier alpha value is -4.49. The van der Waals surface area contributed by atoms with Crippen molar-refractivity contribution in [1.29, 1.82) is 0 Å². The summed E-state index contributed by atoms with van der Waals surface area (Å²) in [6.07, 6.45) is -1.98. The number of aliphatic hydroxyl groups is 9. The van der Waals surface area contributed by atoms with Crippen LogP contribution in [0.3, 0.4) is 0 Å². The third-order valence-corrected chi connectivity index (χ3v) is 9.29. The molecular weight excluding hydrogens is 706 g/mol. The van der Waals surface area contributed by atoms with Crippen LogP contribution in [0.5, 0.6) is 5.75 Å². The molecule has 4 rings (SSSR count). The smallest absolute Gasteiger partial charge is 0.318 e. The standard InChI is InChI=1S/C38H49N3O13/c1-23(2)32(41-18-10-17-39-35(41)45)34(44)40-26(19-24-11-5-3-6-12-24)20-31(43)30(36(46,47)25-13-7-4-8-14-25)21-27(42)22-54-33-28(37(48,49)50)15-9-16-29(33)38(51,52)53/h3-9,11-16,23,26,30-32,43,46-53H,10,17-22H2,1-2H3,(H,39,45)(H,40,44). The van der Waals surface area contributed by atoms with Gasteiger partial charge in [0.25, 0.3) is 0 Å². The lowest BCUT2D eigenvalue weighted by molar-refractivity contribution is -0.328. The number of carbonyl (C=O) groups excluding carboxylic acids is 3. The summed E-state index contributed by atoms with van der Waals surface area (Å²) >= 11 is 0. The molecule has 54 heavy (non-hydrogen) atoms. The van der Waals surface area contributed by atoms with Crippen LogP contribution in [-0.4, -0.2) is 106 Å². The minimum atomic E-state index is -3.61. The fraction of sp³-hybridized carbons (Fsp3) is 0.447. The number of carbonyl (C=O) groups is 3. The molecular formula is C38H49N3O13. The summed E-state index contributed by atoms with van der Waals surface area (Å²) in [6.45, 7) is 3.42. The first-order valence-electron chi connectivity index (χ1n) is 17.5. The SMILES string of the molecule is CC(C)C(C(=O)NC(Cc1ccccc1)CC(O)C(CC(=O)COc1c(C(O)(O)O)cccc1C(O)(O)O)C(O)(O)c1ccccc1)N1CCCNC1=O. The first-order chi connectivity index (χ1) is 25.3. The van der Waals surface area contributed by atoms with E-state index in [0.717, 1.165) is 23.8 Å². The number of nitrogens with one attached hydrogen (secondary N) is 2. The van der Waals surface area contributed by atoms with E-state index in [-0.39, 0.29) is 30.4 Å². The average molecular weight is 756 g/mol. The minimum Gasteiger partial charge on any atom is -0.485 e. The maximum Gasteiger partial charge on any atom is 0.318 e. The fourth-order valence-corrected chi connectivity index (χ4v) is 6.67. The number of amides is 3. The molecule has 0 spiro atoms. The van der Waals surface area contributed by atoms with Crippen LogP contribution in [0.1, 0.15) is 55.4 Å². The molecule has 0 radical (unpaired) electrons. The molecule has 16 nitrogen and oxygen atoms in total. The Morgan fingerprint density at radius 1 is 0.852 bits per heavy atom. The maximum absolute atomic E-state index is 13.9. The highest BCUT2D eigenvalue weighted by molar-refractivity contribution is 5.88. The lowest BCUT2D eigenvalue weighted by atomic mass is 9.80. The van der Waals surface area contributed by atoms with Gasteiger partial charge in [-0.1, -0.05) is 80.6 Å². The zero-order chi connectivity index (χ0) is 39.8. The highest BCUT2D eigenvalue weighted by Crippen LogP contribution is 2.37. The summed E-state index contributed by atoms with van der Waals surface area (Å²) in [5.41, 5.74) is -1.04. The number of Topliss-reactive ketones (excluding diaryl/α,β-unsaturated/α-hetero) is 1. The van der Waals surface area contributed by atoms with Crippen molar-refractivity contribution in [2.75, 3.05) is 19.7 Å². The Bertz CT molecular complexity index is 1680. The summed E-state index contributed by atoms with van der Waals surface area (Å²) < 4.78 is 5.36. The monoisotopic (exact) mass is 755 g/mol. The fourth-order valence-electron chi connectivity index (χ4n) is 6.67. The van der Waals surface area contributed by atoms with Crippen LogP contribution in [0, 0.1) is 11.8 Å². The number of ketones is 1. The first-order valence-corrected chi connectivity index (χ1v) is 17.5. The first kappa shape index (κ1) is 42.3. The summed E-state index contributed by atoms with van der Waals surface area (Å²) in [5, 5.41) is 99.6. The van der Waals surface area contributed by atoms with E-state index >= 15 is 0 Å². The number of nitrogens with zero attached hydrogens (tertiary/aromatic N) is 1. The maximum atomic E-state index is 13.9. The van der Waals surface area contributed by atoms with Crippen molar-refractivity contribution < 1.29 is 65.1 Å². The third-order valence-electron chi connectivity index (χ3n) is 9.29. The molecule has 0 saturated carbocycles. The average Bonchev–Trinajstić information content (AvgIpc) is 3.10. The van der Waals surface area contributed by atoms with Crippen LogP contribution >= 0.6 is 0 Å². The molecule has 1 heterocycles. The normalized spacial score (nSPS) is 16.3. The number of urea groups is 1. The van der Waals surface area contributed by atoms with Crippen molar-refractivity contribution in [2.24, 2.45) is 11.8 Å². The van der Waals surface area contributed by atoms with Gasteiger partial charge in [0.15, 0.2) is 11.6 Å². The Labute approximate surface area is 311 Å². The van der Waals surface area contributed by atoms with E-state index in [1.165, 1.54) is 29.2 Å². The van der Waals surface area contributed by atoms with Crippen molar-refractivity contribution in [3.8, 4) is 5.75 Å². The highest BCUT2D eigenvalue weighted by Gasteiger charge is 2.44. The van der Waals surface area contributed by atoms with E-state index in [1.807, 2.05) is 0 Å². The van der Waals surface area contributed by atoms with Crippen molar-refractivity contribution in [2.45, 2.75) is 75.5 Å². The molecule has 0 aliphatic carbocycles.